The lowest BCUT2D eigenvalue weighted by Crippen LogP contribution is -2.40. The number of anilines is 2. The van der Waals surface area contributed by atoms with E-state index in [0.29, 0.717) is 24.2 Å². The first-order valence-corrected chi connectivity index (χ1v) is 14.9. The first kappa shape index (κ1) is 27.9. The van der Waals surface area contributed by atoms with Crippen molar-refractivity contribution in [3.63, 3.8) is 0 Å². The molecular weight excluding hydrogens is 532 g/mol. The zero-order valence-electron chi connectivity index (χ0n) is 23.9. The van der Waals surface area contributed by atoms with Crippen LogP contribution in [-0.4, -0.2) is 36.8 Å². The van der Waals surface area contributed by atoms with Gasteiger partial charge in [0, 0.05) is 48.2 Å². The number of benzene rings is 2. The first-order chi connectivity index (χ1) is 20.3. The van der Waals surface area contributed by atoms with Crippen LogP contribution in [0.2, 0.25) is 0 Å². The highest BCUT2D eigenvalue weighted by atomic mass is 16.6. The maximum absolute atomic E-state index is 13.4. The van der Waals surface area contributed by atoms with Gasteiger partial charge in [0.15, 0.2) is 0 Å². The summed E-state index contributed by atoms with van der Waals surface area (Å²) in [6.07, 6.45) is 8.57. The van der Waals surface area contributed by atoms with Crippen LogP contribution in [0, 0.1) is 0 Å². The zero-order chi connectivity index (χ0) is 29.5. The summed E-state index contributed by atoms with van der Waals surface area (Å²) in [4.78, 5) is 54.5. The Labute approximate surface area is 246 Å². The number of esters is 2. The summed E-state index contributed by atoms with van der Waals surface area (Å²) >= 11 is 0. The number of carbonyl (C=O) groups is 4. The molecule has 0 radical (unpaired) electrons. The molecule has 8 nitrogen and oxygen atoms in total. The van der Waals surface area contributed by atoms with Gasteiger partial charge < -0.3 is 19.3 Å². The van der Waals surface area contributed by atoms with E-state index in [4.69, 9.17) is 9.47 Å². The number of fused-ring (bicyclic) bond motifs is 4. The fraction of sp³-hybridized carbons (Fsp3) is 0.412. The van der Waals surface area contributed by atoms with Gasteiger partial charge in [-0.05, 0) is 25.0 Å². The Bertz CT molecular complexity index is 1350. The third-order valence-electron chi connectivity index (χ3n) is 8.99. The zero-order valence-corrected chi connectivity index (χ0v) is 23.9. The van der Waals surface area contributed by atoms with Gasteiger partial charge in [-0.15, -0.1) is 0 Å². The molecule has 2 atom stereocenters. The van der Waals surface area contributed by atoms with Crippen molar-refractivity contribution in [1.29, 1.82) is 0 Å². The molecule has 0 bridgehead atoms. The number of hydrogen-bond donors (Lipinski definition) is 0. The highest BCUT2D eigenvalue weighted by Gasteiger charge is 2.59. The van der Waals surface area contributed by atoms with Gasteiger partial charge in [-0.1, -0.05) is 88.1 Å². The smallest absolute Gasteiger partial charge is 0.335 e. The number of rotatable bonds is 11. The monoisotopic (exact) mass is 568 g/mol. The Morgan fingerprint density at radius 1 is 0.571 bits per heavy atom. The molecule has 8 heteroatoms. The van der Waals surface area contributed by atoms with E-state index < -0.39 is 23.1 Å². The SMILES string of the molecule is C=C1CC2(OC1=O)C(=O)N(CCCCCCCCCCN1C(=O)C3(CC(=C)C(=O)O3)c3ccccc31)c1ccccc12. The van der Waals surface area contributed by atoms with Crippen molar-refractivity contribution in [3.05, 3.63) is 84.0 Å². The summed E-state index contributed by atoms with van der Waals surface area (Å²) in [6.45, 7) is 8.75. The van der Waals surface area contributed by atoms with E-state index >= 15 is 0 Å². The predicted octanol–water partition coefficient (Wildman–Crippen LogP) is 5.60. The summed E-state index contributed by atoms with van der Waals surface area (Å²) in [5, 5.41) is 0. The van der Waals surface area contributed by atoms with Crippen LogP contribution < -0.4 is 9.80 Å². The number of hydrogen-bond acceptors (Lipinski definition) is 6. The topological polar surface area (TPSA) is 93.2 Å². The number of nitrogens with zero attached hydrogens (tertiary/aromatic N) is 2. The van der Waals surface area contributed by atoms with Gasteiger partial charge in [-0.2, -0.15) is 0 Å². The molecule has 2 aromatic rings. The van der Waals surface area contributed by atoms with Crippen molar-refractivity contribution in [2.75, 3.05) is 22.9 Å². The molecule has 2 saturated heterocycles. The van der Waals surface area contributed by atoms with Crippen LogP contribution in [-0.2, 0) is 39.9 Å². The van der Waals surface area contributed by atoms with Crippen LogP contribution >= 0.6 is 0 Å². The second kappa shape index (κ2) is 10.9. The maximum Gasteiger partial charge on any atom is 0.335 e. The lowest BCUT2D eigenvalue weighted by atomic mass is 9.91. The lowest BCUT2D eigenvalue weighted by molar-refractivity contribution is -0.156. The normalized spacial score (nSPS) is 24.3. The van der Waals surface area contributed by atoms with E-state index in [1.807, 2.05) is 48.5 Å². The molecule has 2 fully saturated rings. The summed E-state index contributed by atoms with van der Waals surface area (Å²) < 4.78 is 11.2. The maximum atomic E-state index is 13.4. The van der Waals surface area contributed by atoms with E-state index in [2.05, 4.69) is 13.2 Å². The van der Waals surface area contributed by atoms with Gasteiger partial charge in [0.2, 0.25) is 11.2 Å². The van der Waals surface area contributed by atoms with Crippen molar-refractivity contribution in [2.45, 2.75) is 75.4 Å². The molecule has 0 N–H and O–H groups in total. The third kappa shape index (κ3) is 4.44. The molecule has 2 aromatic carbocycles. The second-order valence-corrected chi connectivity index (χ2v) is 11.8. The molecule has 0 aromatic heterocycles. The predicted molar refractivity (Wildman–Crippen MR) is 158 cm³/mol. The van der Waals surface area contributed by atoms with Crippen molar-refractivity contribution >= 4 is 35.1 Å². The van der Waals surface area contributed by atoms with Gasteiger partial charge in [0.05, 0.1) is 11.4 Å². The van der Waals surface area contributed by atoms with Gasteiger partial charge in [-0.3, -0.25) is 9.59 Å². The molecule has 2 unspecified atom stereocenters. The highest BCUT2D eigenvalue weighted by Crippen LogP contribution is 2.51. The van der Waals surface area contributed by atoms with Crippen LogP contribution in [0.4, 0.5) is 11.4 Å². The average Bonchev–Trinajstić information content (AvgIpc) is 3.61. The summed E-state index contributed by atoms with van der Waals surface area (Å²) in [6, 6.07) is 15.1. The molecule has 4 heterocycles. The molecular formula is C34H36N2O6. The van der Waals surface area contributed by atoms with E-state index in [9.17, 15) is 19.2 Å². The Morgan fingerprint density at radius 3 is 1.29 bits per heavy atom. The molecule has 4 aliphatic rings. The minimum Gasteiger partial charge on any atom is -0.440 e. The van der Waals surface area contributed by atoms with Crippen LogP contribution in [0.3, 0.4) is 0 Å². The van der Waals surface area contributed by atoms with Gasteiger partial charge in [0.25, 0.3) is 11.8 Å². The van der Waals surface area contributed by atoms with Crippen molar-refractivity contribution < 1.29 is 28.7 Å². The standard InChI is InChI=1S/C34H36N2O6/c1-23-21-33(41-29(23)37)25-15-9-11-17-27(25)35(31(33)39)19-13-7-5-3-4-6-8-14-20-36-28-18-12-10-16-26(28)34(32(36)40)22-24(2)30(38)42-34/h9-12,15-18H,1-8,13-14,19-22H2. The van der Waals surface area contributed by atoms with Crippen molar-refractivity contribution in [3.8, 4) is 0 Å². The van der Waals surface area contributed by atoms with Gasteiger partial charge in [-0.25, -0.2) is 9.59 Å². The highest BCUT2D eigenvalue weighted by molar-refractivity contribution is 6.12. The third-order valence-corrected chi connectivity index (χ3v) is 8.99. The fourth-order valence-electron chi connectivity index (χ4n) is 6.85. The van der Waals surface area contributed by atoms with Gasteiger partial charge in [0.1, 0.15) is 0 Å². The fourth-order valence-corrected chi connectivity index (χ4v) is 6.85. The summed E-state index contributed by atoms with van der Waals surface area (Å²) in [5.74, 6) is -1.33. The minimum atomic E-state index is -1.25. The van der Waals surface area contributed by atoms with Crippen molar-refractivity contribution in [1.82, 2.24) is 0 Å². The molecule has 4 aliphatic heterocycles. The summed E-state index contributed by atoms with van der Waals surface area (Å²) in [5.41, 5.74) is 1.35. The minimum absolute atomic E-state index is 0.170. The van der Waals surface area contributed by atoms with Gasteiger partial charge >= 0.3 is 11.9 Å². The van der Waals surface area contributed by atoms with Crippen LogP contribution in [0.25, 0.3) is 0 Å². The van der Waals surface area contributed by atoms with Crippen LogP contribution in [0.5, 0.6) is 0 Å². The average molecular weight is 569 g/mol. The van der Waals surface area contributed by atoms with E-state index in [0.717, 1.165) is 73.9 Å². The number of ether oxygens (including phenoxy) is 2. The molecule has 218 valence electrons. The molecule has 2 spiro atoms. The Morgan fingerprint density at radius 2 is 0.929 bits per heavy atom. The first-order valence-electron chi connectivity index (χ1n) is 14.9. The Hall–Kier alpha value is -4.20. The quantitative estimate of drug-likeness (QED) is 0.199. The number of para-hydroxylation sites is 2. The number of carbonyl (C=O) groups excluding carboxylic acids is 4. The second-order valence-electron chi connectivity index (χ2n) is 11.8. The largest absolute Gasteiger partial charge is 0.440 e. The lowest BCUT2D eigenvalue weighted by Gasteiger charge is -2.22. The Kier molecular flexibility index (Phi) is 7.25. The van der Waals surface area contributed by atoms with E-state index in [1.165, 1.54) is 0 Å². The molecule has 0 saturated carbocycles. The van der Waals surface area contributed by atoms with Crippen LogP contribution in [0.15, 0.2) is 72.8 Å². The number of unbranched alkanes of at least 4 members (excludes halogenated alkanes) is 7. The summed E-state index contributed by atoms with van der Waals surface area (Å²) in [7, 11) is 0. The Balaban J connectivity index is 0.915. The van der Waals surface area contributed by atoms with E-state index in [1.54, 1.807) is 9.80 Å². The molecule has 42 heavy (non-hydrogen) atoms. The van der Waals surface area contributed by atoms with Crippen LogP contribution in [0.1, 0.15) is 75.3 Å². The number of amides is 2. The molecule has 2 amide bonds. The molecule has 6 rings (SSSR count). The van der Waals surface area contributed by atoms with Crippen molar-refractivity contribution in [2.24, 2.45) is 0 Å². The van der Waals surface area contributed by atoms with E-state index in [-0.39, 0.29) is 24.7 Å². The molecule has 0 aliphatic carbocycles.